The summed E-state index contributed by atoms with van der Waals surface area (Å²) in [5.74, 6) is 3.06. The van der Waals surface area contributed by atoms with Crippen molar-refractivity contribution >= 4 is 11.6 Å². The molecule has 1 aliphatic rings. The number of nitrogens with one attached hydrogen (secondary N) is 1. The largest absolute Gasteiger partial charge is 0.454 e. The van der Waals surface area contributed by atoms with Crippen LogP contribution in [0.4, 0.5) is 5.69 Å². The molecule has 1 amide bonds. The van der Waals surface area contributed by atoms with Gasteiger partial charge in [-0.2, -0.15) is 0 Å². The number of unbranched alkanes of at least 4 members (excludes halogenated alkanes) is 2. The van der Waals surface area contributed by atoms with Crippen molar-refractivity contribution in [3.8, 4) is 11.5 Å². The Kier molecular flexibility index (Phi) is 8.80. The fourth-order valence-corrected chi connectivity index (χ4v) is 5.31. The Morgan fingerprint density at radius 3 is 2.68 bits per heavy atom. The predicted octanol–water partition coefficient (Wildman–Crippen LogP) is 7.77. The Morgan fingerprint density at radius 2 is 1.95 bits per heavy atom. The quantitative estimate of drug-likeness (QED) is 0.264. The van der Waals surface area contributed by atoms with E-state index in [0.717, 1.165) is 65.4 Å². The number of carbonyl (C=O) groups is 1. The van der Waals surface area contributed by atoms with E-state index in [-0.39, 0.29) is 24.0 Å². The lowest BCUT2D eigenvalue weighted by molar-refractivity contribution is -0.116. The molecule has 0 radical (unpaired) electrons. The highest BCUT2D eigenvalue weighted by Gasteiger charge is 2.26. The van der Waals surface area contributed by atoms with Gasteiger partial charge < -0.3 is 19.4 Å². The highest BCUT2D eigenvalue weighted by molar-refractivity contribution is 5.92. The second kappa shape index (κ2) is 12.1. The molecule has 3 aromatic rings. The Balaban J connectivity index is 1.58. The van der Waals surface area contributed by atoms with Crippen molar-refractivity contribution in [3.63, 3.8) is 0 Å². The smallest absolute Gasteiger partial charge is 0.231 e. The zero-order valence-corrected chi connectivity index (χ0v) is 23.8. The van der Waals surface area contributed by atoms with Crippen LogP contribution < -0.4 is 14.8 Å². The molecular weight excluding hydrogens is 474 g/mol. The number of benzene rings is 2. The lowest BCUT2D eigenvalue weighted by Crippen LogP contribution is -2.21. The molecule has 1 unspecified atom stereocenters. The molecule has 1 aromatic heterocycles. The number of anilines is 1. The first-order valence-corrected chi connectivity index (χ1v) is 14.0. The van der Waals surface area contributed by atoms with Gasteiger partial charge in [-0.3, -0.25) is 4.79 Å². The summed E-state index contributed by atoms with van der Waals surface area (Å²) in [6.07, 6.45) is 8.58. The van der Waals surface area contributed by atoms with Gasteiger partial charge in [0.05, 0.1) is 0 Å². The molecule has 0 aliphatic carbocycles. The van der Waals surface area contributed by atoms with Gasteiger partial charge in [-0.15, -0.1) is 0 Å². The molecule has 1 N–H and O–H groups in total. The van der Waals surface area contributed by atoms with Crippen LogP contribution in [0.2, 0.25) is 0 Å². The van der Waals surface area contributed by atoms with Crippen LogP contribution in [0.25, 0.3) is 0 Å². The van der Waals surface area contributed by atoms with E-state index in [2.05, 4.69) is 80.7 Å². The first kappa shape index (κ1) is 27.7. The monoisotopic (exact) mass is 517 g/mol. The zero-order valence-electron chi connectivity index (χ0n) is 23.8. The van der Waals surface area contributed by atoms with E-state index < -0.39 is 0 Å². The average Bonchev–Trinajstić information content (AvgIpc) is 3.52. The van der Waals surface area contributed by atoms with Gasteiger partial charge in [0, 0.05) is 42.5 Å². The van der Waals surface area contributed by atoms with Crippen molar-refractivity contribution in [1.82, 2.24) is 9.55 Å². The Hall–Kier alpha value is -3.28. The van der Waals surface area contributed by atoms with Crippen LogP contribution >= 0.6 is 0 Å². The van der Waals surface area contributed by atoms with Gasteiger partial charge in [0.2, 0.25) is 12.7 Å². The third-order valence-electron chi connectivity index (χ3n) is 7.24. The standard InChI is InChI=1S/C32H43N3O3/c1-7-8-9-11-24(25-12-10-13-28-30(25)38-21-37-28)19-29(36)34-27-18-23(14-15-26(27)32(4,5)6)20-35-17-16-33-31(35)22(2)3/h10,12-18,22,24H,7-9,11,19-21H2,1-6H3,(H,34,36). The van der Waals surface area contributed by atoms with Gasteiger partial charge in [-0.05, 0) is 41.0 Å². The van der Waals surface area contributed by atoms with Gasteiger partial charge >= 0.3 is 0 Å². The summed E-state index contributed by atoms with van der Waals surface area (Å²) < 4.78 is 13.6. The van der Waals surface area contributed by atoms with Crippen molar-refractivity contribution < 1.29 is 14.3 Å². The van der Waals surface area contributed by atoms with Crippen molar-refractivity contribution in [2.45, 2.75) is 97.4 Å². The maximum absolute atomic E-state index is 13.6. The molecule has 0 spiro atoms. The first-order chi connectivity index (χ1) is 18.2. The number of amides is 1. The summed E-state index contributed by atoms with van der Waals surface area (Å²) in [7, 11) is 0. The number of hydrogen-bond acceptors (Lipinski definition) is 4. The summed E-state index contributed by atoms with van der Waals surface area (Å²) in [4.78, 5) is 18.1. The average molecular weight is 518 g/mol. The highest BCUT2D eigenvalue weighted by atomic mass is 16.7. The topological polar surface area (TPSA) is 65.4 Å². The second-order valence-electron chi connectivity index (χ2n) is 11.7. The first-order valence-electron chi connectivity index (χ1n) is 14.0. The minimum atomic E-state index is -0.106. The Bertz CT molecular complexity index is 1240. The number of ether oxygens (including phenoxy) is 2. The van der Waals surface area contributed by atoms with Gasteiger partial charge in [0.25, 0.3) is 0 Å². The minimum Gasteiger partial charge on any atom is -0.454 e. The number of fused-ring (bicyclic) bond motifs is 1. The van der Waals surface area contributed by atoms with Crippen LogP contribution in [-0.2, 0) is 16.8 Å². The van der Waals surface area contributed by atoms with Crippen LogP contribution in [0.3, 0.4) is 0 Å². The molecule has 2 aromatic carbocycles. The summed E-state index contributed by atoms with van der Waals surface area (Å²) in [5, 5.41) is 3.30. The van der Waals surface area contributed by atoms with Crippen LogP contribution in [0.5, 0.6) is 11.5 Å². The molecule has 1 aliphatic heterocycles. The van der Waals surface area contributed by atoms with E-state index in [0.29, 0.717) is 18.9 Å². The molecule has 204 valence electrons. The second-order valence-corrected chi connectivity index (χ2v) is 11.7. The molecule has 2 heterocycles. The number of para-hydroxylation sites is 1. The van der Waals surface area contributed by atoms with Gasteiger partial charge in [0.15, 0.2) is 11.5 Å². The van der Waals surface area contributed by atoms with Gasteiger partial charge in [-0.25, -0.2) is 4.98 Å². The number of aromatic nitrogens is 2. The lowest BCUT2D eigenvalue weighted by Gasteiger charge is -2.25. The maximum Gasteiger partial charge on any atom is 0.231 e. The third kappa shape index (κ3) is 6.58. The number of rotatable bonds is 11. The SMILES string of the molecule is CCCCCC(CC(=O)Nc1cc(Cn2ccnc2C(C)C)ccc1C(C)(C)C)c1cccc2c1OCO2. The fraction of sp³-hybridized carbons (Fsp3) is 0.500. The van der Waals surface area contributed by atoms with Crippen LogP contribution in [0.1, 0.15) is 108 Å². The number of nitrogens with zero attached hydrogens (tertiary/aromatic N) is 2. The highest BCUT2D eigenvalue weighted by Crippen LogP contribution is 2.42. The van der Waals surface area contributed by atoms with Crippen LogP contribution in [-0.4, -0.2) is 22.3 Å². The molecule has 0 saturated heterocycles. The summed E-state index contributed by atoms with van der Waals surface area (Å²) in [5.41, 5.74) is 4.11. The Labute approximate surface area is 227 Å². The van der Waals surface area contributed by atoms with Crippen LogP contribution in [0.15, 0.2) is 48.8 Å². The van der Waals surface area contributed by atoms with E-state index >= 15 is 0 Å². The fourth-order valence-electron chi connectivity index (χ4n) is 5.31. The van der Waals surface area contributed by atoms with Crippen molar-refractivity contribution in [2.75, 3.05) is 12.1 Å². The lowest BCUT2D eigenvalue weighted by atomic mass is 9.84. The molecule has 38 heavy (non-hydrogen) atoms. The molecule has 4 rings (SSSR count). The number of imidazole rings is 1. The van der Waals surface area contributed by atoms with Gasteiger partial charge in [0.1, 0.15) is 5.82 Å². The van der Waals surface area contributed by atoms with E-state index in [1.807, 2.05) is 24.5 Å². The normalized spacial score (nSPS) is 13.7. The molecule has 0 saturated carbocycles. The maximum atomic E-state index is 13.6. The van der Waals surface area contributed by atoms with Crippen molar-refractivity contribution in [3.05, 3.63) is 71.3 Å². The summed E-state index contributed by atoms with van der Waals surface area (Å²) in [6.45, 7) is 14.0. The van der Waals surface area contributed by atoms with Crippen LogP contribution in [0, 0.1) is 0 Å². The Morgan fingerprint density at radius 1 is 1.13 bits per heavy atom. The zero-order chi connectivity index (χ0) is 27.3. The number of hydrogen-bond donors (Lipinski definition) is 1. The molecule has 6 heteroatoms. The predicted molar refractivity (Wildman–Crippen MR) is 153 cm³/mol. The van der Waals surface area contributed by atoms with E-state index in [9.17, 15) is 4.79 Å². The molecule has 0 fully saturated rings. The molecular formula is C32H43N3O3. The third-order valence-corrected chi connectivity index (χ3v) is 7.24. The molecule has 0 bridgehead atoms. The van der Waals surface area contributed by atoms with Crippen molar-refractivity contribution in [1.29, 1.82) is 0 Å². The summed E-state index contributed by atoms with van der Waals surface area (Å²) >= 11 is 0. The van der Waals surface area contributed by atoms with E-state index in [1.54, 1.807) is 0 Å². The summed E-state index contributed by atoms with van der Waals surface area (Å²) in [6, 6.07) is 12.5. The van der Waals surface area contributed by atoms with Gasteiger partial charge in [-0.1, -0.05) is 85.1 Å². The molecule has 6 nitrogen and oxygen atoms in total. The molecule has 1 atom stereocenters. The number of carbonyl (C=O) groups excluding carboxylic acids is 1. The van der Waals surface area contributed by atoms with E-state index in [1.165, 1.54) is 0 Å². The van der Waals surface area contributed by atoms with E-state index in [4.69, 9.17) is 9.47 Å². The minimum absolute atomic E-state index is 0.0242. The van der Waals surface area contributed by atoms with Crippen molar-refractivity contribution in [2.24, 2.45) is 0 Å².